The molecule has 1 aromatic rings. The quantitative estimate of drug-likeness (QED) is 0.797. The van der Waals surface area contributed by atoms with Crippen molar-refractivity contribution in [2.24, 2.45) is 0 Å². The minimum absolute atomic E-state index is 0.0120. The first-order chi connectivity index (χ1) is 10.2. The molecule has 0 amide bonds. The highest BCUT2D eigenvalue weighted by Crippen LogP contribution is 2.40. The van der Waals surface area contributed by atoms with Crippen LogP contribution in [0.1, 0.15) is 19.8 Å². The van der Waals surface area contributed by atoms with Crippen LogP contribution in [-0.2, 0) is 4.79 Å². The van der Waals surface area contributed by atoms with Gasteiger partial charge < -0.3 is 14.4 Å². The fourth-order valence-corrected chi connectivity index (χ4v) is 2.53. The zero-order valence-corrected chi connectivity index (χ0v) is 12.3. The smallest absolute Gasteiger partial charge is 0.181 e. The molecular formula is C17H19NO3. The molecule has 0 radical (unpaired) electrons. The van der Waals surface area contributed by atoms with Crippen LogP contribution in [0.25, 0.3) is 0 Å². The van der Waals surface area contributed by atoms with Gasteiger partial charge in [-0.1, -0.05) is 19.4 Å². The van der Waals surface area contributed by atoms with E-state index in [1.54, 1.807) is 12.2 Å². The predicted octanol–water partition coefficient (Wildman–Crippen LogP) is 3.09. The second-order valence-corrected chi connectivity index (χ2v) is 5.30. The van der Waals surface area contributed by atoms with Crippen molar-refractivity contribution in [2.45, 2.75) is 25.8 Å². The molecule has 0 spiro atoms. The lowest BCUT2D eigenvalue weighted by atomic mass is 10.0. The summed E-state index contributed by atoms with van der Waals surface area (Å²) in [6.45, 7) is 2.84. The summed E-state index contributed by atoms with van der Waals surface area (Å²) < 4.78 is 11.6. The minimum atomic E-state index is -0.0338. The molecule has 1 heterocycles. The number of ether oxygens (including phenoxy) is 2. The third-order valence-electron chi connectivity index (χ3n) is 3.74. The number of ketones is 1. The van der Waals surface area contributed by atoms with Crippen LogP contribution in [-0.4, -0.2) is 25.5 Å². The number of allylic oxidation sites excluding steroid dienone is 2. The maximum Gasteiger partial charge on any atom is 0.181 e. The van der Waals surface area contributed by atoms with Crippen LogP contribution >= 0.6 is 0 Å². The summed E-state index contributed by atoms with van der Waals surface area (Å²) in [6.07, 6.45) is 7.14. The Labute approximate surface area is 124 Å². The topological polar surface area (TPSA) is 38.8 Å². The third-order valence-corrected chi connectivity index (χ3v) is 3.74. The lowest BCUT2D eigenvalue weighted by Crippen LogP contribution is -2.38. The molecule has 2 aliphatic rings. The lowest BCUT2D eigenvalue weighted by molar-refractivity contribution is -0.110. The van der Waals surface area contributed by atoms with Gasteiger partial charge >= 0.3 is 0 Å². The van der Waals surface area contributed by atoms with Gasteiger partial charge in [0.1, 0.15) is 17.6 Å². The first-order valence-electron chi connectivity index (χ1n) is 7.30. The second kappa shape index (κ2) is 5.64. The summed E-state index contributed by atoms with van der Waals surface area (Å²) in [5.74, 6) is 2.17. The highest BCUT2D eigenvalue weighted by Gasteiger charge is 2.30. The minimum Gasteiger partial charge on any atom is -0.493 e. The number of benzene rings is 1. The van der Waals surface area contributed by atoms with E-state index in [0.29, 0.717) is 12.4 Å². The molecule has 0 saturated carbocycles. The van der Waals surface area contributed by atoms with E-state index in [1.165, 1.54) is 0 Å². The van der Waals surface area contributed by atoms with Crippen molar-refractivity contribution in [3.63, 3.8) is 0 Å². The van der Waals surface area contributed by atoms with Crippen molar-refractivity contribution >= 4 is 11.5 Å². The Bertz CT molecular complexity index is 618. The lowest BCUT2D eigenvalue weighted by Gasteiger charge is -2.36. The molecule has 0 aromatic heterocycles. The number of fused-ring (bicyclic) bond motifs is 2. The number of hydrogen-bond donors (Lipinski definition) is 0. The van der Waals surface area contributed by atoms with Crippen LogP contribution in [0.2, 0.25) is 0 Å². The van der Waals surface area contributed by atoms with E-state index in [9.17, 15) is 4.79 Å². The molecule has 1 aromatic carbocycles. The van der Waals surface area contributed by atoms with Crippen molar-refractivity contribution in [1.82, 2.24) is 0 Å². The SMILES string of the molecule is CCCCOc1ccc2c(c1)OC1=CC(=O)C=CC1N2C. The van der Waals surface area contributed by atoms with E-state index in [-0.39, 0.29) is 11.8 Å². The van der Waals surface area contributed by atoms with Crippen molar-refractivity contribution in [1.29, 1.82) is 0 Å². The summed E-state index contributed by atoms with van der Waals surface area (Å²) in [5, 5.41) is 0. The molecule has 1 aliphatic heterocycles. The zero-order valence-electron chi connectivity index (χ0n) is 12.3. The van der Waals surface area contributed by atoms with Gasteiger partial charge in [0.2, 0.25) is 0 Å². The fraction of sp³-hybridized carbons (Fsp3) is 0.353. The largest absolute Gasteiger partial charge is 0.493 e. The van der Waals surface area contributed by atoms with E-state index in [4.69, 9.17) is 9.47 Å². The van der Waals surface area contributed by atoms with Gasteiger partial charge in [-0.05, 0) is 24.6 Å². The van der Waals surface area contributed by atoms with Crippen molar-refractivity contribution in [2.75, 3.05) is 18.6 Å². The van der Waals surface area contributed by atoms with Gasteiger partial charge in [-0.25, -0.2) is 0 Å². The third kappa shape index (κ3) is 2.66. The Hall–Kier alpha value is -2.23. The number of carbonyl (C=O) groups excluding carboxylic acids is 1. The maximum atomic E-state index is 11.5. The molecular weight excluding hydrogens is 266 g/mol. The zero-order chi connectivity index (χ0) is 14.8. The Balaban J connectivity index is 1.86. The van der Waals surface area contributed by atoms with Crippen LogP contribution in [0.4, 0.5) is 5.69 Å². The molecule has 1 unspecified atom stereocenters. The average Bonchev–Trinajstić information content (AvgIpc) is 2.47. The van der Waals surface area contributed by atoms with Crippen LogP contribution in [0.15, 0.2) is 42.2 Å². The van der Waals surface area contributed by atoms with E-state index in [2.05, 4.69) is 11.8 Å². The molecule has 4 nitrogen and oxygen atoms in total. The highest BCUT2D eigenvalue weighted by atomic mass is 16.5. The normalized spacial score (nSPS) is 19.5. The molecule has 0 fully saturated rings. The first-order valence-corrected chi connectivity index (χ1v) is 7.30. The van der Waals surface area contributed by atoms with Crippen LogP contribution in [0, 0.1) is 0 Å². The number of unbranched alkanes of at least 4 members (excludes halogenated alkanes) is 1. The van der Waals surface area contributed by atoms with Crippen LogP contribution in [0.5, 0.6) is 11.5 Å². The van der Waals surface area contributed by atoms with E-state index in [1.807, 2.05) is 31.3 Å². The van der Waals surface area contributed by atoms with Gasteiger partial charge in [-0.15, -0.1) is 0 Å². The Morgan fingerprint density at radius 2 is 2.24 bits per heavy atom. The summed E-state index contributed by atoms with van der Waals surface area (Å²) >= 11 is 0. The molecule has 0 bridgehead atoms. The summed E-state index contributed by atoms with van der Waals surface area (Å²) in [6, 6.07) is 5.84. The monoisotopic (exact) mass is 285 g/mol. The molecule has 110 valence electrons. The molecule has 21 heavy (non-hydrogen) atoms. The summed E-state index contributed by atoms with van der Waals surface area (Å²) in [7, 11) is 2.00. The van der Waals surface area contributed by atoms with E-state index < -0.39 is 0 Å². The Kier molecular flexibility index (Phi) is 3.69. The van der Waals surface area contributed by atoms with Crippen LogP contribution in [0.3, 0.4) is 0 Å². The predicted molar refractivity (Wildman–Crippen MR) is 81.9 cm³/mol. The second-order valence-electron chi connectivity index (χ2n) is 5.30. The van der Waals surface area contributed by atoms with Crippen molar-refractivity contribution < 1.29 is 14.3 Å². The Morgan fingerprint density at radius 1 is 1.38 bits per heavy atom. The molecule has 3 rings (SSSR count). The summed E-state index contributed by atoms with van der Waals surface area (Å²) in [4.78, 5) is 13.6. The van der Waals surface area contributed by atoms with Crippen molar-refractivity contribution in [3.05, 3.63) is 42.2 Å². The molecule has 1 atom stereocenters. The van der Waals surface area contributed by atoms with Gasteiger partial charge in [0.05, 0.1) is 12.3 Å². The van der Waals surface area contributed by atoms with E-state index >= 15 is 0 Å². The number of rotatable bonds is 4. The number of carbonyl (C=O) groups is 1. The maximum absolute atomic E-state index is 11.5. The number of nitrogens with zero attached hydrogens (tertiary/aromatic N) is 1. The number of hydrogen-bond acceptors (Lipinski definition) is 4. The summed E-state index contributed by atoms with van der Waals surface area (Å²) in [5.41, 5.74) is 0.999. The molecule has 4 heteroatoms. The average molecular weight is 285 g/mol. The standard InChI is InChI=1S/C17H19NO3/c1-3-4-9-20-13-6-8-15-17(11-13)21-16-10-12(19)5-7-14(16)18(15)2/h5-8,10-11,14H,3-4,9H2,1-2H3. The fourth-order valence-electron chi connectivity index (χ4n) is 2.53. The first kappa shape index (κ1) is 13.7. The van der Waals surface area contributed by atoms with Gasteiger partial charge in [-0.3, -0.25) is 4.79 Å². The van der Waals surface area contributed by atoms with E-state index in [0.717, 1.165) is 30.0 Å². The number of anilines is 1. The number of likely N-dealkylation sites (N-methyl/N-ethyl adjacent to an activating group) is 1. The molecule has 0 N–H and O–H groups in total. The molecule has 1 aliphatic carbocycles. The van der Waals surface area contributed by atoms with Gasteiger partial charge in [0, 0.05) is 19.2 Å². The Morgan fingerprint density at radius 3 is 3.05 bits per heavy atom. The van der Waals surface area contributed by atoms with Gasteiger partial charge in [0.25, 0.3) is 0 Å². The molecule has 0 saturated heterocycles. The van der Waals surface area contributed by atoms with Gasteiger partial charge in [0.15, 0.2) is 11.5 Å². The van der Waals surface area contributed by atoms with Crippen LogP contribution < -0.4 is 14.4 Å². The van der Waals surface area contributed by atoms with Crippen molar-refractivity contribution in [3.8, 4) is 11.5 Å². The highest BCUT2D eigenvalue weighted by molar-refractivity contribution is 6.01. The van der Waals surface area contributed by atoms with Gasteiger partial charge in [-0.2, -0.15) is 0 Å².